The zero-order chi connectivity index (χ0) is 16.9. The SMILES string of the molecule is Cn1c(-c2ccc(Br)cc2)cnc1SCC(=O)Nc1ccccc1. The predicted octanol–water partition coefficient (Wildman–Crippen LogP) is 4.58. The second kappa shape index (κ2) is 7.68. The number of nitrogens with one attached hydrogen (secondary N) is 1. The number of imidazole rings is 1. The first kappa shape index (κ1) is 16.8. The van der Waals surface area contributed by atoms with Gasteiger partial charge >= 0.3 is 0 Å². The van der Waals surface area contributed by atoms with E-state index in [-0.39, 0.29) is 5.91 Å². The summed E-state index contributed by atoms with van der Waals surface area (Å²) in [6.45, 7) is 0. The van der Waals surface area contributed by atoms with E-state index in [4.69, 9.17) is 0 Å². The van der Waals surface area contributed by atoms with Crippen LogP contribution < -0.4 is 5.32 Å². The summed E-state index contributed by atoms with van der Waals surface area (Å²) in [5, 5.41) is 3.69. The van der Waals surface area contributed by atoms with Gasteiger partial charge in [-0.05, 0) is 29.8 Å². The van der Waals surface area contributed by atoms with Crippen LogP contribution in [-0.2, 0) is 11.8 Å². The van der Waals surface area contributed by atoms with E-state index < -0.39 is 0 Å². The zero-order valence-corrected chi connectivity index (χ0v) is 15.5. The third-order valence-electron chi connectivity index (χ3n) is 3.48. The molecule has 0 saturated carbocycles. The Morgan fingerprint density at radius 3 is 2.58 bits per heavy atom. The maximum atomic E-state index is 12.0. The van der Waals surface area contributed by atoms with Gasteiger partial charge in [0.1, 0.15) is 0 Å². The highest BCUT2D eigenvalue weighted by Gasteiger charge is 2.11. The van der Waals surface area contributed by atoms with Gasteiger partial charge in [0.15, 0.2) is 5.16 Å². The first-order chi connectivity index (χ1) is 11.6. The summed E-state index contributed by atoms with van der Waals surface area (Å²) in [5.74, 6) is 0.277. The maximum absolute atomic E-state index is 12.0. The Balaban J connectivity index is 1.64. The van der Waals surface area contributed by atoms with Crippen molar-refractivity contribution in [3.8, 4) is 11.3 Å². The number of carbonyl (C=O) groups excluding carboxylic acids is 1. The number of thioether (sulfide) groups is 1. The molecule has 0 spiro atoms. The lowest BCUT2D eigenvalue weighted by molar-refractivity contribution is -0.113. The maximum Gasteiger partial charge on any atom is 0.234 e. The van der Waals surface area contributed by atoms with E-state index in [2.05, 4.69) is 26.2 Å². The predicted molar refractivity (Wildman–Crippen MR) is 102 cm³/mol. The average molecular weight is 402 g/mol. The minimum Gasteiger partial charge on any atom is -0.325 e. The van der Waals surface area contributed by atoms with Crippen LogP contribution in [-0.4, -0.2) is 21.2 Å². The number of aromatic nitrogens is 2. The first-order valence-corrected chi connectivity index (χ1v) is 9.17. The smallest absolute Gasteiger partial charge is 0.234 e. The lowest BCUT2D eigenvalue weighted by Gasteiger charge is -2.07. The quantitative estimate of drug-likeness (QED) is 0.636. The lowest BCUT2D eigenvalue weighted by atomic mass is 10.2. The van der Waals surface area contributed by atoms with E-state index in [0.29, 0.717) is 5.75 Å². The van der Waals surface area contributed by atoms with Gasteiger partial charge in [0.25, 0.3) is 0 Å². The van der Waals surface area contributed by atoms with Gasteiger partial charge < -0.3 is 9.88 Å². The van der Waals surface area contributed by atoms with E-state index in [1.165, 1.54) is 11.8 Å². The first-order valence-electron chi connectivity index (χ1n) is 7.39. The summed E-state index contributed by atoms with van der Waals surface area (Å²) >= 11 is 4.86. The summed E-state index contributed by atoms with van der Waals surface area (Å²) < 4.78 is 3.05. The number of nitrogens with zero attached hydrogens (tertiary/aromatic N) is 2. The van der Waals surface area contributed by atoms with Gasteiger partial charge in [-0.25, -0.2) is 4.98 Å². The highest BCUT2D eigenvalue weighted by molar-refractivity contribution is 9.10. The van der Waals surface area contributed by atoms with Crippen LogP contribution in [0.4, 0.5) is 5.69 Å². The fraction of sp³-hybridized carbons (Fsp3) is 0.111. The number of para-hydroxylation sites is 1. The third kappa shape index (κ3) is 4.07. The van der Waals surface area contributed by atoms with Crippen LogP contribution in [0, 0.1) is 0 Å². The Bertz CT molecular complexity index is 831. The van der Waals surface area contributed by atoms with Crippen molar-refractivity contribution in [1.82, 2.24) is 9.55 Å². The minimum absolute atomic E-state index is 0.0422. The third-order valence-corrected chi connectivity index (χ3v) is 5.05. The van der Waals surface area contributed by atoms with Crippen molar-refractivity contribution in [2.75, 3.05) is 11.1 Å². The second-order valence-corrected chi connectivity index (χ2v) is 7.05. The van der Waals surface area contributed by atoms with Gasteiger partial charge in [0, 0.05) is 17.2 Å². The van der Waals surface area contributed by atoms with Crippen LogP contribution in [0.25, 0.3) is 11.3 Å². The number of halogens is 1. The van der Waals surface area contributed by atoms with Crippen molar-refractivity contribution >= 4 is 39.3 Å². The average Bonchev–Trinajstić information content (AvgIpc) is 2.95. The van der Waals surface area contributed by atoms with Crippen LogP contribution in [0.5, 0.6) is 0 Å². The second-order valence-electron chi connectivity index (χ2n) is 5.19. The van der Waals surface area contributed by atoms with Gasteiger partial charge in [0.05, 0.1) is 17.6 Å². The molecule has 0 aliphatic heterocycles. The van der Waals surface area contributed by atoms with E-state index in [1.807, 2.05) is 72.4 Å². The molecule has 0 radical (unpaired) electrons. The summed E-state index contributed by atoms with van der Waals surface area (Å²) in [4.78, 5) is 16.5. The molecule has 1 heterocycles. The molecule has 4 nitrogen and oxygen atoms in total. The molecule has 24 heavy (non-hydrogen) atoms. The van der Waals surface area contributed by atoms with E-state index in [0.717, 1.165) is 26.6 Å². The molecular formula is C18H16BrN3OS. The summed E-state index contributed by atoms with van der Waals surface area (Å²) in [6.07, 6.45) is 1.83. The number of benzene rings is 2. The molecule has 1 N–H and O–H groups in total. The Morgan fingerprint density at radius 1 is 1.17 bits per heavy atom. The number of carbonyl (C=O) groups is 1. The van der Waals surface area contributed by atoms with E-state index >= 15 is 0 Å². The number of amides is 1. The van der Waals surface area contributed by atoms with E-state index in [1.54, 1.807) is 0 Å². The lowest BCUT2D eigenvalue weighted by Crippen LogP contribution is -2.14. The molecule has 1 aromatic heterocycles. The molecule has 0 fully saturated rings. The Hall–Kier alpha value is -2.05. The standard InChI is InChI=1S/C18H16BrN3OS/c1-22-16(13-7-9-14(19)10-8-13)11-20-18(22)24-12-17(23)21-15-5-3-2-4-6-15/h2-11H,12H2,1H3,(H,21,23). The van der Waals surface area contributed by atoms with Crippen LogP contribution >= 0.6 is 27.7 Å². The minimum atomic E-state index is -0.0422. The summed E-state index contributed by atoms with van der Waals surface area (Å²) in [7, 11) is 1.96. The van der Waals surface area contributed by atoms with Crippen molar-refractivity contribution in [3.05, 3.63) is 65.3 Å². The molecule has 122 valence electrons. The number of hydrogen-bond donors (Lipinski definition) is 1. The molecule has 0 aliphatic rings. The Morgan fingerprint density at radius 2 is 1.88 bits per heavy atom. The van der Waals surface area contributed by atoms with Crippen molar-refractivity contribution in [3.63, 3.8) is 0 Å². The zero-order valence-electron chi connectivity index (χ0n) is 13.1. The van der Waals surface area contributed by atoms with Crippen molar-refractivity contribution < 1.29 is 4.79 Å². The summed E-state index contributed by atoms with van der Waals surface area (Å²) in [5.41, 5.74) is 2.92. The number of rotatable bonds is 5. The number of anilines is 1. The normalized spacial score (nSPS) is 10.6. The molecule has 3 aromatic rings. The van der Waals surface area contributed by atoms with Crippen molar-refractivity contribution in [1.29, 1.82) is 0 Å². The van der Waals surface area contributed by atoms with E-state index in [9.17, 15) is 4.79 Å². The molecule has 0 aliphatic carbocycles. The molecule has 0 atom stereocenters. The van der Waals surface area contributed by atoms with Gasteiger partial charge in [0.2, 0.25) is 5.91 Å². The fourth-order valence-electron chi connectivity index (χ4n) is 2.26. The largest absolute Gasteiger partial charge is 0.325 e. The topological polar surface area (TPSA) is 46.9 Å². The van der Waals surface area contributed by atoms with Crippen LogP contribution in [0.15, 0.2) is 70.4 Å². The Labute approximate surface area is 153 Å². The monoisotopic (exact) mass is 401 g/mol. The van der Waals surface area contributed by atoms with Crippen molar-refractivity contribution in [2.24, 2.45) is 7.05 Å². The fourth-order valence-corrected chi connectivity index (χ4v) is 3.28. The van der Waals surface area contributed by atoms with Crippen molar-refractivity contribution in [2.45, 2.75) is 5.16 Å². The molecule has 1 amide bonds. The highest BCUT2D eigenvalue weighted by atomic mass is 79.9. The highest BCUT2D eigenvalue weighted by Crippen LogP contribution is 2.26. The Kier molecular flexibility index (Phi) is 5.37. The van der Waals surface area contributed by atoms with Crippen LogP contribution in [0.1, 0.15) is 0 Å². The molecule has 0 unspecified atom stereocenters. The molecule has 2 aromatic carbocycles. The molecule has 0 saturated heterocycles. The van der Waals surface area contributed by atoms with Crippen LogP contribution in [0.3, 0.4) is 0 Å². The molecule has 0 bridgehead atoms. The molecule has 3 rings (SSSR count). The van der Waals surface area contributed by atoms with Gasteiger partial charge in [-0.15, -0.1) is 0 Å². The van der Waals surface area contributed by atoms with Gasteiger partial charge in [-0.2, -0.15) is 0 Å². The van der Waals surface area contributed by atoms with Crippen LogP contribution in [0.2, 0.25) is 0 Å². The number of hydrogen-bond acceptors (Lipinski definition) is 3. The van der Waals surface area contributed by atoms with Gasteiger partial charge in [-0.3, -0.25) is 4.79 Å². The van der Waals surface area contributed by atoms with Gasteiger partial charge in [-0.1, -0.05) is 58.0 Å². The summed E-state index contributed by atoms with van der Waals surface area (Å²) in [6, 6.07) is 17.5. The molecule has 6 heteroatoms. The molecular weight excluding hydrogens is 386 g/mol.